The van der Waals surface area contributed by atoms with E-state index in [4.69, 9.17) is 0 Å². The first-order valence-electron chi connectivity index (χ1n) is 10.5. The number of nitrogens with zero attached hydrogens (tertiary/aromatic N) is 1. The Labute approximate surface area is 184 Å². The monoisotopic (exact) mass is 445 g/mol. The van der Waals surface area contributed by atoms with Gasteiger partial charge in [-0.1, -0.05) is 32.9 Å². The number of amides is 2. The van der Waals surface area contributed by atoms with Gasteiger partial charge >= 0.3 is 0 Å². The van der Waals surface area contributed by atoms with Crippen molar-refractivity contribution in [1.29, 1.82) is 0 Å². The summed E-state index contributed by atoms with van der Waals surface area (Å²) >= 11 is 0. The van der Waals surface area contributed by atoms with Gasteiger partial charge in [-0.3, -0.25) is 9.59 Å². The molecule has 1 unspecified atom stereocenters. The standard InChI is InChI=1S/C23H31N3O4S/c1-5-17(4)25-23(28)20-10-8-9-18(15-20)16-24-22(27)19-11-13-21(14-12-19)31(29,30)26(6-2)7-3/h8-15,17H,5-7,16H2,1-4H3,(H,24,27)(H,25,28). The first-order chi connectivity index (χ1) is 14.7. The molecule has 0 fully saturated rings. The lowest BCUT2D eigenvalue weighted by Crippen LogP contribution is -2.32. The molecule has 0 radical (unpaired) electrons. The van der Waals surface area contributed by atoms with Crippen LogP contribution in [0.4, 0.5) is 0 Å². The fourth-order valence-corrected chi connectivity index (χ4v) is 4.46. The third-order valence-electron chi connectivity index (χ3n) is 5.09. The number of nitrogens with one attached hydrogen (secondary N) is 2. The highest BCUT2D eigenvalue weighted by atomic mass is 32.2. The lowest BCUT2D eigenvalue weighted by atomic mass is 10.1. The van der Waals surface area contributed by atoms with Crippen LogP contribution in [-0.2, 0) is 16.6 Å². The minimum absolute atomic E-state index is 0.0874. The fourth-order valence-electron chi connectivity index (χ4n) is 3.01. The predicted molar refractivity (Wildman–Crippen MR) is 121 cm³/mol. The lowest BCUT2D eigenvalue weighted by Gasteiger charge is -2.18. The topological polar surface area (TPSA) is 95.6 Å². The highest BCUT2D eigenvalue weighted by Crippen LogP contribution is 2.16. The van der Waals surface area contributed by atoms with Crippen LogP contribution in [0.2, 0.25) is 0 Å². The van der Waals surface area contributed by atoms with Gasteiger partial charge in [-0.2, -0.15) is 4.31 Å². The van der Waals surface area contributed by atoms with Gasteiger partial charge in [0.05, 0.1) is 4.90 Å². The van der Waals surface area contributed by atoms with Crippen LogP contribution in [-0.4, -0.2) is 43.7 Å². The summed E-state index contributed by atoms with van der Waals surface area (Å²) in [5, 5.41) is 5.72. The maximum absolute atomic E-state index is 12.6. The molecule has 168 valence electrons. The molecule has 2 amide bonds. The van der Waals surface area contributed by atoms with E-state index in [1.807, 2.05) is 19.9 Å². The van der Waals surface area contributed by atoms with Gasteiger partial charge in [0.2, 0.25) is 10.0 Å². The van der Waals surface area contributed by atoms with Gasteiger partial charge in [0.25, 0.3) is 11.8 Å². The summed E-state index contributed by atoms with van der Waals surface area (Å²) in [5.41, 5.74) is 1.70. The molecule has 0 aliphatic rings. The van der Waals surface area contributed by atoms with E-state index < -0.39 is 10.0 Å². The molecule has 0 aliphatic heterocycles. The van der Waals surface area contributed by atoms with Crippen molar-refractivity contribution in [2.45, 2.75) is 51.6 Å². The summed E-state index contributed by atoms with van der Waals surface area (Å²) in [4.78, 5) is 24.9. The van der Waals surface area contributed by atoms with Gasteiger partial charge in [0.1, 0.15) is 0 Å². The number of carbonyl (C=O) groups is 2. The molecule has 1 atom stereocenters. The van der Waals surface area contributed by atoms with Crippen LogP contribution in [0.1, 0.15) is 60.4 Å². The van der Waals surface area contributed by atoms with Crippen molar-refractivity contribution in [1.82, 2.24) is 14.9 Å². The van der Waals surface area contributed by atoms with E-state index in [1.165, 1.54) is 28.6 Å². The normalized spacial score (nSPS) is 12.4. The molecule has 0 spiro atoms. The fraction of sp³-hybridized carbons (Fsp3) is 0.391. The van der Waals surface area contributed by atoms with E-state index >= 15 is 0 Å². The number of hydrogen-bond donors (Lipinski definition) is 2. The zero-order valence-electron chi connectivity index (χ0n) is 18.5. The molecule has 2 N–H and O–H groups in total. The largest absolute Gasteiger partial charge is 0.350 e. The summed E-state index contributed by atoms with van der Waals surface area (Å²) in [6.07, 6.45) is 0.844. The van der Waals surface area contributed by atoms with Gasteiger partial charge in [-0.25, -0.2) is 8.42 Å². The summed E-state index contributed by atoms with van der Waals surface area (Å²) in [5.74, 6) is -0.464. The number of rotatable bonds is 10. The first-order valence-corrected chi connectivity index (χ1v) is 11.9. The van der Waals surface area contributed by atoms with Gasteiger partial charge in [0, 0.05) is 36.8 Å². The van der Waals surface area contributed by atoms with Crippen molar-refractivity contribution in [3.8, 4) is 0 Å². The van der Waals surface area contributed by atoms with E-state index in [0.717, 1.165) is 12.0 Å². The summed E-state index contributed by atoms with van der Waals surface area (Å²) in [6, 6.07) is 13.1. The number of benzene rings is 2. The molecule has 0 heterocycles. The molecule has 0 aliphatic carbocycles. The van der Waals surface area contributed by atoms with Crippen LogP contribution >= 0.6 is 0 Å². The summed E-state index contributed by atoms with van der Waals surface area (Å²) in [7, 11) is -3.56. The van der Waals surface area contributed by atoms with Crippen LogP contribution in [0.25, 0.3) is 0 Å². The Morgan fingerprint density at radius 2 is 1.58 bits per heavy atom. The molecule has 31 heavy (non-hydrogen) atoms. The molecule has 0 saturated carbocycles. The third-order valence-corrected chi connectivity index (χ3v) is 7.16. The minimum Gasteiger partial charge on any atom is -0.350 e. The second kappa shape index (κ2) is 11.1. The van der Waals surface area contributed by atoms with Crippen LogP contribution in [0, 0.1) is 0 Å². The van der Waals surface area contributed by atoms with Crippen LogP contribution < -0.4 is 10.6 Å². The van der Waals surface area contributed by atoms with Gasteiger partial charge in [-0.15, -0.1) is 0 Å². The Kier molecular flexibility index (Phi) is 8.76. The average Bonchev–Trinajstić information content (AvgIpc) is 2.78. The molecule has 8 heteroatoms. The minimum atomic E-state index is -3.56. The Hall–Kier alpha value is -2.71. The van der Waals surface area contributed by atoms with E-state index in [1.54, 1.807) is 32.0 Å². The highest BCUT2D eigenvalue weighted by Gasteiger charge is 2.21. The Morgan fingerprint density at radius 3 is 2.16 bits per heavy atom. The molecule has 7 nitrogen and oxygen atoms in total. The van der Waals surface area contributed by atoms with Gasteiger partial charge in [-0.05, 0) is 55.3 Å². The quantitative estimate of drug-likeness (QED) is 0.587. The first kappa shape index (κ1) is 24.6. The van der Waals surface area contributed by atoms with E-state index in [-0.39, 0.29) is 29.3 Å². The SMILES string of the molecule is CCC(C)NC(=O)c1cccc(CNC(=O)c2ccc(S(=O)(=O)N(CC)CC)cc2)c1. The maximum Gasteiger partial charge on any atom is 0.251 e. The van der Waals surface area contributed by atoms with Crippen molar-refractivity contribution in [3.05, 3.63) is 65.2 Å². The Bertz CT molecular complexity index is 1000. The zero-order chi connectivity index (χ0) is 23.0. The zero-order valence-corrected chi connectivity index (χ0v) is 19.3. The third kappa shape index (κ3) is 6.38. The van der Waals surface area contributed by atoms with Gasteiger partial charge < -0.3 is 10.6 Å². The number of carbonyl (C=O) groups excluding carboxylic acids is 2. The van der Waals surface area contributed by atoms with E-state index in [2.05, 4.69) is 10.6 Å². The average molecular weight is 446 g/mol. The highest BCUT2D eigenvalue weighted by molar-refractivity contribution is 7.89. The second-order valence-corrected chi connectivity index (χ2v) is 9.22. The van der Waals surface area contributed by atoms with Crippen LogP contribution in [0.5, 0.6) is 0 Å². The van der Waals surface area contributed by atoms with Crippen molar-refractivity contribution >= 4 is 21.8 Å². The second-order valence-electron chi connectivity index (χ2n) is 7.28. The Balaban J connectivity index is 2.03. The van der Waals surface area contributed by atoms with Crippen molar-refractivity contribution in [3.63, 3.8) is 0 Å². The molecule has 0 bridgehead atoms. The van der Waals surface area contributed by atoms with Crippen molar-refractivity contribution < 1.29 is 18.0 Å². The molecule has 2 aromatic rings. The van der Waals surface area contributed by atoms with E-state index in [9.17, 15) is 18.0 Å². The van der Waals surface area contributed by atoms with Crippen LogP contribution in [0.3, 0.4) is 0 Å². The summed E-state index contributed by atoms with van der Waals surface area (Å²) in [6.45, 7) is 8.54. The van der Waals surface area contributed by atoms with Crippen molar-refractivity contribution in [2.75, 3.05) is 13.1 Å². The molecular formula is C23H31N3O4S. The summed E-state index contributed by atoms with van der Waals surface area (Å²) < 4.78 is 26.5. The molecule has 2 aromatic carbocycles. The predicted octanol–water partition coefficient (Wildman–Crippen LogP) is 3.18. The molecule has 0 aromatic heterocycles. The maximum atomic E-state index is 12.6. The smallest absolute Gasteiger partial charge is 0.251 e. The molecule has 2 rings (SSSR count). The number of sulfonamides is 1. The van der Waals surface area contributed by atoms with Crippen LogP contribution in [0.15, 0.2) is 53.4 Å². The van der Waals surface area contributed by atoms with Gasteiger partial charge in [0.15, 0.2) is 0 Å². The number of hydrogen-bond acceptors (Lipinski definition) is 4. The molecule has 0 saturated heterocycles. The molecular weight excluding hydrogens is 414 g/mol. The van der Waals surface area contributed by atoms with Crippen molar-refractivity contribution in [2.24, 2.45) is 0 Å². The Morgan fingerprint density at radius 1 is 0.935 bits per heavy atom. The lowest BCUT2D eigenvalue weighted by molar-refractivity contribution is 0.0936. The van der Waals surface area contributed by atoms with E-state index in [0.29, 0.717) is 24.2 Å².